The molecule has 108 valence electrons. The van der Waals surface area contributed by atoms with Gasteiger partial charge in [0.15, 0.2) is 0 Å². The summed E-state index contributed by atoms with van der Waals surface area (Å²) in [5, 5.41) is 3.88. The highest BCUT2D eigenvalue weighted by Gasteiger charge is 2.00. The van der Waals surface area contributed by atoms with Gasteiger partial charge >= 0.3 is 0 Å². The minimum atomic E-state index is -0.203. The number of carbonyl (C=O) groups excluding carboxylic acids is 1. The molecule has 0 spiro atoms. The van der Waals surface area contributed by atoms with Crippen LogP contribution in [0.4, 0.5) is 5.69 Å². The number of hydrogen-bond acceptors (Lipinski definition) is 1. The van der Waals surface area contributed by atoms with Gasteiger partial charge in [0, 0.05) is 21.8 Å². The van der Waals surface area contributed by atoms with Gasteiger partial charge in [-0.15, -0.1) is 0 Å². The Labute approximate surface area is 134 Å². The molecule has 1 amide bonds. The Balaban J connectivity index is 2.01. The molecule has 0 saturated heterocycles. The van der Waals surface area contributed by atoms with Crippen molar-refractivity contribution < 1.29 is 4.79 Å². The normalized spacial score (nSPS) is 10.8. The SMILES string of the molecule is CCc1ccc(NC(=O)/C=C/c2ccc(Cl)cc2Cl)cc1. The van der Waals surface area contributed by atoms with Crippen LogP contribution in [0.15, 0.2) is 48.5 Å². The zero-order chi connectivity index (χ0) is 15.2. The summed E-state index contributed by atoms with van der Waals surface area (Å²) in [6.45, 7) is 2.09. The minimum Gasteiger partial charge on any atom is -0.323 e. The van der Waals surface area contributed by atoms with Gasteiger partial charge in [-0.05, 0) is 47.9 Å². The first kappa shape index (κ1) is 15.6. The molecule has 0 saturated carbocycles. The van der Waals surface area contributed by atoms with E-state index in [1.807, 2.05) is 24.3 Å². The van der Waals surface area contributed by atoms with Crippen molar-refractivity contribution >= 4 is 40.9 Å². The Morgan fingerprint density at radius 3 is 2.48 bits per heavy atom. The van der Waals surface area contributed by atoms with E-state index in [-0.39, 0.29) is 5.91 Å². The van der Waals surface area contributed by atoms with E-state index >= 15 is 0 Å². The van der Waals surface area contributed by atoms with Crippen LogP contribution in [0.5, 0.6) is 0 Å². The van der Waals surface area contributed by atoms with E-state index in [1.54, 1.807) is 24.3 Å². The van der Waals surface area contributed by atoms with Crippen molar-refractivity contribution in [2.75, 3.05) is 5.32 Å². The quantitative estimate of drug-likeness (QED) is 0.770. The lowest BCUT2D eigenvalue weighted by Gasteiger charge is -2.03. The summed E-state index contributed by atoms with van der Waals surface area (Å²) < 4.78 is 0. The van der Waals surface area contributed by atoms with Gasteiger partial charge in [0.1, 0.15) is 0 Å². The average Bonchev–Trinajstić information content (AvgIpc) is 2.47. The van der Waals surface area contributed by atoms with Crippen LogP contribution in [0.25, 0.3) is 6.08 Å². The number of halogens is 2. The topological polar surface area (TPSA) is 29.1 Å². The molecular formula is C17H15Cl2NO. The first-order chi connectivity index (χ1) is 10.1. The van der Waals surface area contributed by atoms with Crippen molar-refractivity contribution in [1.82, 2.24) is 0 Å². The molecule has 21 heavy (non-hydrogen) atoms. The lowest BCUT2D eigenvalue weighted by molar-refractivity contribution is -0.111. The molecule has 0 aromatic heterocycles. The van der Waals surface area contributed by atoms with E-state index in [0.717, 1.165) is 17.7 Å². The summed E-state index contributed by atoms with van der Waals surface area (Å²) in [6.07, 6.45) is 4.08. The third kappa shape index (κ3) is 4.62. The van der Waals surface area contributed by atoms with Gasteiger partial charge < -0.3 is 5.32 Å². The van der Waals surface area contributed by atoms with E-state index in [1.165, 1.54) is 11.6 Å². The van der Waals surface area contributed by atoms with E-state index < -0.39 is 0 Å². The van der Waals surface area contributed by atoms with Gasteiger partial charge in [-0.1, -0.05) is 48.3 Å². The van der Waals surface area contributed by atoms with Gasteiger partial charge in [0.25, 0.3) is 0 Å². The van der Waals surface area contributed by atoms with Crippen molar-refractivity contribution in [3.63, 3.8) is 0 Å². The number of nitrogens with one attached hydrogen (secondary N) is 1. The van der Waals surface area contributed by atoms with Crippen molar-refractivity contribution in [2.24, 2.45) is 0 Å². The van der Waals surface area contributed by atoms with Crippen LogP contribution in [0.1, 0.15) is 18.1 Å². The molecule has 2 aromatic carbocycles. The van der Waals surface area contributed by atoms with Crippen LogP contribution in [-0.4, -0.2) is 5.91 Å². The fourth-order valence-electron chi connectivity index (χ4n) is 1.81. The van der Waals surface area contributed by atoms with Crippen LogP contribution in [0, 0.1) is 0 Å². The van der Waals surface area contributed by atoms with E-state index in [4.69, 9.17) is 23.2 Å². The Morgan fingerprint density at radius 2 is 1.86 bits per heavy atom. The van der Waals surface area contributed by atoms with Crippen molar-refractivity contribution in [2.45, 2.75) is 13.3 Å². The van der Waals surface area contributed by atoms with Crippen LogP contribution >= 0.6 is 23.2 Å². The second kappa shape index (κ2) is 7.30. The Bertz CT molecular complexity index is 663. The fraction of sp³-hybridized carbons (Fsp3) is 0.118. The van der Waals surface area contributed by atoms with Gasteiger partial charge in [-0.2, -0.15) is 0 Å². The number of amides is 1. The number of hydrogen-bond donors (Lipinski definition) is 1. The van der Waals surface area contributed by atoms with Crippen molar-refractivity contribution in [3.8, 4) is 0 Å². The summed E-state index contributed by atoms with van der Waals surface area (Å²) >= 11 is 11.9. The lowest BCUT2D eigenvalue weighted by atomic mass is 10.1. The molecule has 0 atom stereocenters. The highest BCUT2D eigenvalue weighted by Crippen LogP contribution is 2.22. The standard InChI is InChI=1S/C17H15Cl2NO/c1-2-12-3-8-15(9-4-12)20-17(21)10-6-13-5-7-14(18)11-16(13)19/h3-11H,2H2,1H3,(H,20,21)/b10-6+. The summed E-state index contributed by atoms with van der Waals surface area (Å²) in [7, 11) is 0. The third-order valence-corrected chi connectivity index (χ3v) is 3.57. The Kier molecular flexibility index (Phi) is 5.43. The Morgan fingerprint density at radius 1 is 1.14 bits per heavy atom. The van der Waals surface area contributed by atoms with Crippen LogP contribution in [0.3, 0.4) is 0 Å². The number of aryl methyl sites for hydroxylation is 1. The molecule has 2 rings (SSSR count). The second-order valence-electron chi connectivity index (χ2n) is 4.54. The van der Waals surface area contributed by atoms with Gasteiger partial charge in [0.05, 0.1) is 0 Å². The molecule has 0 bridgehead atoms. The molecule has 2 aromatic rings. The van der Waals surface area contributed by atoms with Crippen LogP contribution in [0.2, 0.25) is 10.0 Å². The molecule has 0 unspecified atom stereocenters. The molecule has 0 radical (unpaired) electrons. The molecule has 0 aliphatic carbocycles. The zero-order valence-electron chi connectivity index (χ0n) is 11.6. The van der Waals surface area contributed by atoms with Crippen molar-refractivity contribution in [3.05, 3.63) is 69.7 Å². The van der Waals surface area contributed by atoms with Crippen molar-refractivity contribution in [1.29, 1.82) is 0 Å². The second-order valence-corrected chi connectivity index (χ2v) is 5.38. The zero-order valence-corrected chi connectivity index (χ0v) is 13.1. The third-order valence-electron chi connectivity index (χ3n) is 3.01. The summed E-state index contributed by atoms with van der Waals surface area (Å²) in [5.74, 6) is -0.203. The van der Waals surface area contributed by atoms with Crippen LogP contribution in [-0.2, 0) is 11.2 Å². The average molecular weight is 320 g/mol. The molecule has 0 aliphatic heterocycles. The molecular weight excluding hydrogens is 305 g/mol. The molecule has 4 heteroatoms. The monoisotopic (exact) mass is 319 g/mol. The molecule has 1 N–H and O–H groups in total. The highest BCUT2D eigenvalue weighted by molar-refractivity contribution is 6.35. The van der Waals surface area contributed by atoms with E-state index in [9.17, 15) is 4.79 Å². The predicted octanol–water partition coefficient (Wildman–Crippen LogP) is 5.21. The summed E-state index contributed by atoms with van der Waals surface area (Å²) in [6, 6.07) is 12.9. The lowest BCUT2D eigenvalue weighted by Crippen LogP contribution is -2.07. The molecule has 2 nitrogen and oxygen atoms in total. The van der Waals surface area contributed by atoms with E-state index in [2.05, 4.69) is 12.2 Å². The number of carbonyl (C=O) groups is 1. The number of anilines is 1. The molecule has 0 aliphatic rings. The maximum absolute atomic E-state index is 11.9. The van der Waals surface area contributed by atoms with E-state index in [0.29, 0.717) is 10.0 Å². The van der Waals surface area contributed by atoms with Crippen LogP contribution < -0.4 is 5.32 Å². The fourth-order valence-corrected chi connectivity index (χ4v) is 2.28. The van der Waals surface area contributed by atoms with Gasteiger partial charge in [-0.3, -0.25) is 4.79 Å². The smallest absolute Gasteiger partial charge is 0.248 e. The molecule has 0 fully saturated rings. The maximum Gasteiger partial charge on any atom is 0.248 e. The highest BCUT2D eigenvalue weighted by atomic mass is 35.5. The minimum absolute atomic E-state index is 0.203. The maximum atomic E-state index is 11.9. The van der Waals surface area contributed by atoms with Gasteiger partial charge in [0.2, 0.25) is 5.91 Å². The first-order valence-electron chi connectivity index (χ1n) is 6.61. The molecule has 0 heterocycles. The number of rotatable bonds is 4. The summed E-state index contributed by atoms with van der Waals surface area (Å²) in [5.41, 5.74) is 2.75. The first-order valence-corrected chi connectivity index (χ1v) is 7.37. The number of benzene rings is 2. The summed E-state index contributed by atoms with van der Waals surface area (Å²) in [4.78, 5) is 11.9. The van der Waals surface area contributed by atoms with Gasteiger partial charge in [-0.25, -0.2) is 0 Å². The predicted molar refractivity (Wildman–Crippen MR) is 89.9 cm³/mol. The Hall–Kier alpha value is -1.77. The largest absolute Gasteiger partial charge is 0.323 e.